The normalized spacial score (nSPS) is 13.1. The molecule has 0 amide bonds. The summed E-state index contributed by atoms with van der Waals surface area (Å²) in [6, 6.07) is 4.94. The van der Waals surface area contributed by atoms with Crippen molar-refractivity contribution in [3.05, 3.63) is 22.4 Å². The van der Waals surface area contributed by atoms with Crippen LogP contribution in [0.15, 0.2) is 17.5 Å². The van der Waals surface area contributed by atoms with E-state index < -0.39 is 0 Å². The van der Waals surface area contributed by atoms with Crippen LogP contribution < -0.4 is 5.32 Å². The Morgan fingerprint density at radius 3 is 3.00 bits per heavy atom. The smallest absolute Gasteiger partial charge is 0.0302 e. The average Bonchev–Trinajstić information content (AvgIpc) is 2.64. The van der Waals surface area contributed by atoms with Gasteiger partial charge < -0.3 is 5.32 Å². The molecular weight excluding hydrogens is 246 g/mol. The molecular formula is C10H16BrNS. The van der Waals surface area contributed by atoms with Crippen LogP contribution in [0.1, 0.15) is 24.6 Å². The van der Waals surface area contributed by atoms with Crippen molar-refractivity contribution in [2.45, 2.75) is 32.4 Å². The van der Waals surface area contributed by atoms with Gasteiger partial charge in [-0.3, -0.25) is 0 Å². The van der Waals surface area contributed by atoms with Crippen LogP contribution >= 0.6 is 27.3 Å². The van der Waals surface area contributed by atoms with Crippen LogP contribution in [0, 0.1) is 0 Å². The van der Waals surface area contributed by atoms with Crippen LogP contribution in [0.3, 0.4) is 0 Å². The molecule has 0 fully saturated rings. The van der Waals surface area contributed by atoms with E-state index in [1.165, 1.54) is 17.7 Å². The van der Waals surface area contributed by atoms with E-state index in [9.17, 15) is 0 Å². The summed E-state index contributed by atoms with van der Waals surface area (Å²) in [6.45, 7) is 3.25. The predicted octanol–water partition coefficient (Wildman–Crippen LogP) is 3.40. The summed E-state index contributed by atoms with van der Waals surface area (Å²) >= 11 is 5.29. The highest BCUT2D eigenvalue weighted by Crippen LogP contribution is 2.09. The standard InChI is InChI=1S/C10H16BrNS/c1-2-9(5-6-11)12-8-10-4-3-7-13-10/h3-4,7,9,12H,2,5-6,8H2,1H3. The number of thiophene rings is 1. The molecule has 1 unspecified atom stereocenters. The second-order valence-corrected chi connectivity index (χ2v) is 4.87. The largest absolute Gasteiger partial charge is 0.309 e. The average molecular weight is 262 g/mol. The summed E-state index contributed by atoms with van der Waals surface area (Å²) in [7, 11) is 0. The van der Waals surface area contributed by atoms with Crippen molar-refractivity contribution in [3.8, 4) is 0 Å². The lowest BCUT2D eigenvalue weighted by molar-refractivity contribution is 0.490. The molecule has 0 aromatic carbocycles. The third-order valence-corrected chi connectivity index (χ3v) is 3.43. The molecule has 1 atom stereocenters. The fourth-order valence-corrected chi connectivity index (χ4v) is 2.45. The van der Waals surface area contributed by atoms with Gasteiger partial charge in [0, 0.05) is 22.8 Å². The molecule has 74 valence electrons. The van der Waals surface area contributed by atoms with Crippen LogP contribution in [0.2, 0.25) is 0 Å². The van der Waals surface area contributed by atoms with Crippen LogP contribution in [0.25, 0.3) is 0 Å². The molecule has 0 spiro atoms. The van der Waals surface area contributed by atoms with Crippen molar-refractivity contribution < 1.29 is 0 Å². The maximum absolute atomic E-state index is 3.55. The molecule has 0 aliphatic carbocycles. The Balaban J connectivity index is 2.23. The van der Waals surface area contributed by atoms with Gasteiger partial charge in [-0.05, 0) is 24.3 Å². The van der Waals surface area contributed by atoms with E-state index in [0.29, 0.717) is 6.04 Å². The third-order valence-electron chi connectivity index (χ3n) is 2.10. The summed E-state index contributed by atoms with van der Waals surface area (Å²) in [5.41, 5.74) is 0. The van der Waals surface area contributed by atoms with E-state index in [4.69, 9.17) is 0 Å². The second-order valence-electron chi connectivity index (χ2n) is 3.04. The van der Waals surface area contributed by atoms with Crippen molar-refractivity contribution in [1.82, 2.24) is 5.32 Å². The molecule has 0 saturated heterocycles. The Morgan fingerprint density at radius 2 is 2.46 bits per heavy atom. The lowest BCUT2D eigenvalue weighted by Gasteiger charge is -2.14. The van der Waals surface area contributed by atoms with Crippen LogP contribution in [0.5, 0.6) is 0 Å². The zero-order valence-electron chi connectivity index (χ0n) is 7.92. The topological polar surface area (TPSA) is 12.0 Å². The Bertz CT molecular complexity index is 211. The van der Waals surface area contributed by atoms with E-state index in [2.05, 4.69) is 45.7 Å². The summed E-state index contributed by atoms with van der Waals surface area (Å²) in [4.78, 5) is 1.42. The molecule has 1 N–H and O–H groups in total. The van der Waals surface area contributed by atoms with Gasteiger partial charge in [0.25, 0.3) is 0 Å². The predicted molar refractivity (Wildman–Crippen MR) is 63.6 cm³/mol. The van der Waals surface area contributed by atoms with Gasteiger partial charge in [-0.2, -0.15) is 0 Å². The second kappa shape index (κ2) is 6.57. The Hall–Kier alpha value is 0.140. The third kappa shape index (κ3) is 4.25. The van der Waals surface area contributed by atoms with Crippen molar-refractivity contribution >= 4 is 27.3 Å². The van der Waals surface area contributed by atoms with Crippen molar-refractivity contribution in [3.63, 3.8) is 0 Å². The Morgan fingerprint density at radius 1 is 1.62 bits per heavy atom. The minimum absolute atomic E-state index is 0.654. The number of rotatable bonds is 6. The SMILES string of the molecule is CCC(CCBr)NCc1cccs1. The number of hydrogen-bond acceptors (Lipinski definition) is 2. The van der Waals surface area contributed by atoms with Gasteiger partial charge >= 0.3 is 0 Å². The fourth-order valence-electron chi connectivity index (χ4n) is 1.24. The van der Waals surface area contributed by atoms with Gasteiger partial charge in [0.1, 0.15) is 0 Å². The summed E-state index contributed by atoms with van der Waals surface area (Å²) in [5.74, 6) is 0. The maximum atomic E-state index is 3.55. The summed E-state index contributed by atoms with van der Waals surface area (Å²) < 4.78 is 0. The minimum atomic E-state index is 0.654. The molecule has 1 rings (SSSR count). The minimum Gasteiger partial charge on any atom is -0.309 e. The van der Waals surface area contributed by atoms with Crippen LogP contribution in [-0.4, -0.2) is 11.4 Å². The van der Waals surface area contributed by atoms with E-state index in [-0.39, 0.29) is 0 Å². The monoisotopic (exact) mass is 261 g/mol. The van der Waals surface area contributed by atoms with Crippen molar-refractivity contribution in [1.29, 1.82) is 0 Å². The van der Waals surface area contributed by atoms with Gasteiger partial charge in [-0.25, -0.2) is 0 Å². The van der Waals surface area contributed by atoms with Gasteiger partial charge in [-0.15, -0.1) is 11.3 Å². The van der Waals surface area contributed by atoms with E-state index in [0.717, 1.165) is 11.9 Å². The fraction of sp³-hybridized carbons (Fsp3) is 0.600. The molecule has 1 aromatic heterocycles. The zero-order chi connectivity index (χ0) is 9.52. The lowest BCUT2D eigenvalue weighted by Crippen LogP contribution is -2.27. The highest BCUT2D eigenvalue weighted by atomic mass is 79.9. The molecule has 0 aliphatic heterocycles. The van der Waals surface area contributed by atoms with Gasteiger partial charge in [0.05, 0.1) is 0 Å². The first-order valence-electron chi connectivity index (χ1n) is 4.68. The molecule has 13 heavy (non-hydrogen) atoms. The number of alkyl halides is 1. The first-order chi connectivity index (χ1) is 6.36. The van der Waals surface area contributed by atoms with Crippen molar-refractivity contribution in [2.24, 2.45) is 0 Å². The molecule has 1 nitrogen and oxygen atoms in total. The summed E-state index contributed by atoms with van der Waals surface area (Å²) in [5, 5.41) is 6.77. The van der Waals surface area contributed by atoms with Crippen LogP contribution in [0.4, 0.5) is 0 Å². The highest BCUT2D eigenvalue weighted by molar-refractivity contribution is 9.09. The van der Waals surface area contributed by atoms with Crippen molar-refractivity contribution in [2.75, 3.05) is 5.33 Å². The zero-order valence-corrected chi connectivity index (χ0v) is 10.3. The first-order valence-corrected chi connectivity index (χ1v) is 6.68. The quantitative estimate of drug-likeness (QED) is 0.775. The Labute approximate surface area is 92.7 Å². The number of halogens is 1. The van der Waals surface area contributed by atoms with E-state index in [1.54, 1.807) is 0 Å². The van der Waals surface area contributed by atoms with E-state index in [1.807, 2.05) is 11.3 Å². The molecule has 0 aliphatic rings. The molecule has 1 aromatic rings. The molecule has 0 saturated carbocycles. The maximum Gasteiger partial charge on any atom is 0.0302 e. The molecule has 0 bridgehead atoms. The Kier molecular flexibility index (Phi) is 5.67. The van der Waals surface area contributed by atoms with Gasteiger partial charge in [0.15, 0.2) is 0 Å². The van der Waals surface area contributed by atoms with Gasteiger partial charge in [-0.1, -0.05) is 28.9 Å². The first kappa shape index (κ1) is 11.2. The summed E-state index contributed by atoms with van der Waals surface area (Å²) in [6.07, 6.45) is 2.42. The van der Waals surface area contributed by atoms with E-state index >= 15 is 0 Å². The highest BCUT2D eigenvalue weighted by Gasteiger charge is 2.04. The molecule has 1 heterocycles. The molecule has 3 heteroatoms. The number of hydrogen-bond donors (Lipinski definition) is 1. The lowest BCUT2D eigenvalue weighted by atomic mass is 10.2. The number of nitrogens with one attached hydrogen (secondary N) is 1. The molecule has 0 radical (unpaired) electrons. The van der Waals surface area contributed by atoms with Crippen LogP contribution in [-0.2, 0) is 6.54 Å². The van der Waals surface area contributed by atoms with Gasteiger partial charge in [0.2, 0.25) is 0 Å².